The molecule has 0 amide bonds. The zero-order valence-electron chi connectivity index (χ0n) is 15.2. The highest BCUT2D eigenvalue weighted by molar-refractivity contribution is 5.67. The number of para-hydroxylation sites is 2. The van der Waals surface area contributed by atoms with Crippen LogP contribution in [0.2, 0.25) is 0 Å². The fraction of sp³-hybridized carbons (Fsp3) is 0.0909. The van der Waals surface area contributed by atoms with E-state index in [4.69, 9.17) is 8.83 Å². The molecule has 2 aromatic carbocycles. The quantitative estimate of drug-likeness (QED) is 0.346. The highest BCUT2D eigenvalue weighted by atomic mass is 16.3. The highest BCUT2D eigenvalue weighted by Crippen LogP contribution is 2.30. The normalized spacial score (nSPS) is 11.0. The predicted molar refractivity (Wildman–Crippen MR) is 109 cm³/mol. The molecule has 0 spiro atoms. The first-order valence-electron chi connectivity index (χ1n) is 9.01. The van der Waals surface area contributed by atoms with E-state index in [1.807, 2.05) is 72.8 Å². The van der Waals surface area contributed by atoms with Crippen molar-refractivity contribution >= 4 is 22.7 Å². The summed E-state index contributed by atoms with van der Waals surface area (Å²) >= 11 is 0. The molecule has 4 aromatic rings. The van der Waals surface area contributed by atoms with Crippen molar-refractivity contribution in [3.63, 3.8) is 0 Å². The second kappa shape index (κ2) is 8.73. The van der Waals surface area contributed by atoms with Gasteiger partial charge in [0, 0.05) is 0 Å². The summed E-state index contributed by atoms with van der Waals surface area (Å²) in [4.78, 5) is 0. The zero-order chi connectivity index (χ0) is 19.0. The molecule has 0 atom stereocenters. The van der Waals surface area contributed by atoms with Crippen LogP contribution in [0.4, 0.5) is 22.7 Å². The molecule has 0 bridgehead atoms. The van der Waals surface area contributed by atoms with Gasteiger partial charge in [-0.15, -0.1) is 10.2 Å². The van der Waals surface area contributed by atoms with E-state index < -0.39 is 0 Å². The third kappa shape index (κ3) is 4.48. The Morgan fingerprint density at radius 1 is 0.571 bits per heavy atom. The monoisotopic (exact) mass is 372 g/mol. The van der Waals surface area contributed by atoms with E-state index in [0.717, 1.165) is 34.3 Å². The van der Waals surface area contributed by atoms with Crippen LogP contribution in [-0.4, -0.2) is 0 Å². The third-order valence-corrected chi connectivity index (χ3v) is 4.14. The van der Waals surface area contributed by atoms with Crippen LogP contribution in [0.25, 0.3) is 0 Å². The summed E-state index contributed by atoms with van der Waals surface area (Å²) in [6, 6.07) is 23.2. The summed E-state index contributed by atoms with van der Waals surface area (Å²) < 4.78 is 10.7. The number of anilines is 2. The third-order valence-electron chi connectivity index (χ3n) is 4.14. The molecule has 0 saturated carbocycles. The number of benzene rings is 2. The molecule has 6 nitrogen and oxygen atoms in total. The van der Waals surface area contributed by atoms with Crippen LogP contribution >= 0.6 is 0 Å². The van der Waals surface area contributed by atoms with Gasteiger partial charge >= 0.3 is 0 Å². The van der Waals surface area contributed by atoms with Crippen LogP contribution in [0, 0.1) is 0 Å². The van der Waals surface area contributed by atoms with Gasteiger partial charge in [0.1, 0.15) is 22.9 Å². The molecule has 4 rings (SSSR count). The lowest BCUT2D eigenvalue weighted by molar-refractivity contribution is 0.518. The maximum absolute atomic E-state index is 5.37. The van der Waals surface area contributed by atoms with Gasteiger partial charge in [0.15, 0.2) is 0 Å². The van der Waals surface area contributed by atoms with Crippen molar-refractivity contribution in [2.45, 2.75) is 13.1 Å². The minimum absolute atomic E-state index is 0.584. The van der Waals surface area contributed by atoms with E-state index in [0.29, 0.717) is 13.1 Å². The van der Waals surface area contributed by atoms with Crippen LogP contribution < -0.4 is 10.6 Å². The second-order valence-electron chi connectivity index (χ2n) is 6.10. The van der Waals surface area contributed by atoms with Crippen LogP contribution in [-0.2, 0) is 13.1 Å². The Labute approximate surface area is 162 Å². The van der Waals surface area contributed by atoms with Gasteiger partial charge in [-0.05, 0) is 48.5 Å². The number of hydrogen-bond donors (Lipinski definition) is 2. The van der Waals surface area contributed by atoms with Gasteiger partial charge in [0.2, 0.25) is 0 Å². The largest absolute Gasteiger partial charge is 0.467 e. The maximum Gasteiger partial charge on any atom is 0.122 e. The Morgan fingerprint density at radius 2 is 1.04 bits per heavy atom. The summed E-state index contributed by atoms with van der Waals surface area (Å²) in [7, 11) is 0. The van der Waals surface area contributed by atoms with Crippen molar-refractivity contribution in [2.24, 2.45) is 10.2 Å². The Morgan fingerprint density at radius 3 is 1.46 bits per heavy atom. The molecular formula is C22H20N4O2. The fourth-order valence-electron chi connectivity index (χ4n) is 2.72. The van der Waals surface area contributed by atoms with Crippen molar-refractivity contribution in [3.05, 3.63) is 96.8 Å². The molecule has 0 aliphatic carbocycles. The first-order chi connectivity index (χ1) is 13.9. The average Bonchev–Trinajstić information content (AvgIpc) is 3.44. The SMILES string of the molecule is c1coc(CNc2ccccc2N=Nc2ccccc2NCc2ccco2)c1. The van der Waals surface area contributed by atoms with Crippen LogP contribution in [0.3, 0.4) is 0 Å². The number of rotatable bonds is 8. The van der Waals surface area contributed by atoms with Crippen LogP contribution in [0.5, 0.6) is 0 Å². The van der Waals surface area contributed by atoms with Gasteiger partial charge in [0.25, 0.3) is 0 Å². The molecule has 2 N–H and O–H groups in total. The Hall–Kier alpha value is -3.80. The molecule has 0 aliphatic rings. The van der Waals surface area contributed by atoms with E-state index in [-0.39, 0.29) is 0 Å². The molecule has 0 radical (unpaired) electrons. The standard InChI is InChI=1S/C22H20N4O2/c1-3-11-21(19(9-1)23-15-17-7-5-13-27-17)25-26-22-12-4-2-10-20(22)24-16-18-8-6-14-28-18/h1-14,23-24H,15-16H2. The van der Waals surface area contributed by atoms with Gasteiger partial charge in [-0.1, -0.05) is 24.3 Å². The van der Waals surface area contributed by atoms with E-state index >= 15 is 0 Å². The number of furan rings is 2. The van der Waals surface area contributed by atoms with Gasteiger partial charge in [-0.25, -0.2) is 0 Å². The van der Waals surface area contributed by atoms with Gasteiger partial charge in [-0.2, -0.15) is 0 Å². The summed E-state index contributed by atoms with van der Waals surface area (Å²) in [6.07, 6.45) is 3.32. The average molecular weight is 372 g/mol. The van der Waals surface area contributed by atoms with E-state index in [1.165, 1.54) is 0 Å². The lowest BCUT2D eigenvalue weighted by atomic mass is 10.2. The molecule has 6 heteroatoms. The molecule has 0 aliphatic heterocycles. The molecule has 0 unspecified atom stereocenters. The molecule has 0 saturated heterocycles. The van der Waals surface area contributed by atoms with Gasteiger partial charge in [-0.3, -0.25) is 0 Å². The van der Waals surface area contributed by atoms with Crippen molar-refractivity contribution < 1.29 is 8.83 Å². The van der Waals surface area contributed by atoms with E-state index in [1.54, 1.807) is 12.5 Å². The van der Waals surface area contributed by atoms with Crippen LogP contribution in [0.1, 0.15) is 11.5 Å². The second-order valence-corrected chi connectivity index (χ2v) is 6.10. The Bertz CT molecular complexity index is 941. The number of nitrogens with zero attached hydrogens (tertiary/aromatic N) is 2. The first kappa shape index (κ1) is 17.6. The van der Waals surface area contributed by atoms with E-state index in [2.05, 4.69) is 20.9 Å². The Kier molecular flexibility index (Phi) is 5.49. The number of nitrogens with one attached hydrogen (secondary N) is 2. The summed E-state index contributed by atoms with van der Waals surface area (Å²) in [5.74, 6) is 1.72. The topological polar surface area (TPSA) is 75.1 Å². The molecule has 28 heavy (non-hydrogen) atoms. The van der Waals surface area contributed by atoms with Gasteiger partial charge in [0.05, 0.1) is 37.0 Å². The van der Waals surface area contributed by atoms with Crippen molar-refractivity contribution in [1.29, 1.82) is 0 Å². The fourth-order valence-corrected chi connectivity index (χ4v) is 2.72. The summed E-state index contributed by atoms with van der Waals surface area (Å²) in [6.45, 7) is 1.17. The predicted octanol–water partition coefficient (Wildman–Crippen LogP) is 6.51. The summed E-state index contributed by atoms with van der Waals surface area (Å²) in [5, 5.41) is 15.6. The number of azo groups is 1. The summed E-state index contributed by atoms with van der Waals surface area (Å²) in [5.41, 5.74) is 3.30. The number of hydrogen-bond acceptors (Lipinski definition) is 6. The molecule has 2 aromatic heterocycles. The van der Waals surface area contributed by atoms with E-state index in [9.17, 15) is 0 Å². The zero-order valence-corrected chi connectivity index (χ0v) is 15.2. The molecular weight excluding hydrogens is 352 g/mol. The first-order valence-corrected chi connectivity index (χ1v) is 9.01. The Balaban J connectivity index is 1.48. The van der Waals surface area contributed by atoms with Gasteiger partial charge < -0.3 is 19.5 Å². The smallest absolute Gasteiger partial charge is 0.122 e. The van der Waals surface area contributed by atoms with Crippen LogP contribution in [0.15, 0.2) is 104 Å². The minimum Gasteiger partial charge on any atom is -0.467 e. The minimum atomic E-state index is 0.584. The molecule has 140 valence electrons. The highest BCUT2D eigenvalue weighted by Gasteiger charge is 2.04. The lowest BCUT2D eigenvalue weighted by Crippen LogP contribution is -1.98. The van der Waals surface area contributed by atoms with Crippen molar-refractivity contribution in [2.75, 3.05) is 10.6 Å². The molecule has 2 heterocycles. The lowest BCUT2D eigenvalue weighted by Gasteiger charge is -2.08. The maximum atomic E-state index is 5.37. The van der Waals surface area contributed by atoms with Crippen molar-refractivity contribution in [1.82, 2.24) is 0 Å². The van der Waals surface area contributed by atoms with Crippen molar-refractivity contribution in [3.8, 4) is 0 Å². The molecule has 0 fully saturated rings.